The van der Waals surface area contributed by atoms with E-state index < -0.39 is 0 Å². The van der Waals surface area contributed by atoms with Crippen molar-refractivity contribution in [3.63, 3.8) is 0 Å². The average Bonchev–Trinajstić information content (AvgIpc) is 2.87. The summed E-state index contributed by atoms with van der Waals surface area (Å²) in [6.45, 7) is 10.2. The van der Waals surface area contributed by atoms with Gasteiger partial charge in [-0.3, -0.25) is 9.59 Å². The van der Waals surface area contributed by atoms with E-state index in [1.54, 1.807) is 0 Å². The van der Waals surface area contributed by atoms with Crippen molar-refractivity contribution in [2.45, 2.75) is 91.4 Å². The number of hydrogen-bond donors (Lipinski definition) is 0. The zero-order chi connectivity index (χ0) is 24.8. The second-order valence-corrected chi connectivity index (χ2v) is 12.4. The summed E-state index contributed by atoms with van der Waals surface area (Å²) in [5, 5.41) is 0. The van der Waals surface area contributed by atoms with E-state index in [0.717, 1.165) is 70.6 Å². The third kappa shape index (κ3) is 7.44. The molecule has 1 aromatic carbocycles. The van der Waals surface area contributed by atoms with Crippen LogP contribution < -0.4 is 0 Å². The van der Waals surface area contributed by atoms with Gasteiger partial charge in [0.1, 0.15) is 0 Å². The van der Waals surface area contributed by atoms with E-state index in [9.17, 15) is 9.59 Å². The molecule has 35 heavy (non-hydrogen) atoms. The summed E-state index contributed by atoms with van der Waals surface area (Å²) in [7, 11) is 0. The molecule has 2 saturated heterocycles. The van der Waals surface area contributed by atoms with Crippen molar-refractivity contribution < 1.29 is 9.59 Å². The Kier molecular flexibility index (Phi) is 8.73. The van der Waals surface area contributed by atoms with Crippen LogP contribution in [0.1, 0.15) is 96.1 Å². The Labute approximate surface area is 213 Å². The van der Waals surface area contributed by atoms with Gasteiger partial charge in [0.05, 0.1) is 0 Å². The van der Waals surface area contributed by atoms with E-state index in [4.69, 9.17) is 0 Å². The highest BCUT2D eigenvalue weighted by atomic mass is 16.2. The molecule has 3 aliphatic rings. The zero-order valence-corrected chi connectivity index (χ0v) is 22.4. The fraction of sp³-hybridized carbons (Fsp3) is 0.677. The number of carbonyl (C=O) groups excluding carboxylic acids is 2. The Balaban J connectivity index is 1.20. The van der Waals surface area contributed by atoms with Crippen LogP contribution in [-0.2, 0) is 16.0 Å². The van der Waals surface area contributed by atoms with Crippen molar-refractivity contribution in [1.82, 2.24) is 9.80 Å². The molecule has 1 unspecified atom stereocenters. The molecule has 1 aliphatic carbocycles. The molecular weight excluding hydrogens is 432 g/mol. The molecule has 1 atom stereocenters. The SMILES string of the molecule is CC(C)(C)CC(=O)N1CCC(CCc2ccc(C3=CCC(C(=O)N4CCCCC4)CC3)cc2)CC1. The Hall–Kier alpha value is -2.10. The third-order valence-electron chi connectivity index (χ3n) is 8.24. The van der Waals surface area contributed by atoms with Crippen LogP contribution in [0.3, 0.4) is 0 Å². The number of rotatable bonds is 6. The molecule has 2 heterocycles. The van der Waals surface area contributed by atoms with Crippen LogP contribution >= 0.6 is 0 Å². The molecule has 0 spiro atoms. The normalized spacial score (nSPS) is 22.1. The molecule has 4 heteroatoms. The molecular formula is C31H46N2O2. The van der Waals surface area contributed by atoms with Crippen LogP contribution in [0.5, 0.6) is 0 Å². The first-order chi connectivity index (χ1) is 16.8. The maximum absolute atomic E-state index is 12.8. The van der Waals surface area contributed by atoms with Gasteiger partial charge in [-0.1, -0.05) is 51.1 Å². The predicted octanol–water partition coefficient (Wildman–Crippen LogP) is 6.49. The summed E-state index contributed by atoms with van der Waals surface area (Å²) in [5.74, 6) is 1.63. The Morgan fingerprint density at radius 1 is 0.886 bits per heavy atom. The van der Waals surface area contributed by atoms with Gasteiger partial charge in [-0.2, -0.15) is 0 Å². The van der Waals surface area contributed by atoms with Crippen LogP contribution in [0.15, 0.2) is 30.3 Å². The quantitative estimate of drug-likeness (QED) is 0.469. The fourth-order valence-electron chi connectivity index (χ4n) is 5.99. The summed E-state index contributed by atoms with van der Waals surface area (Å²) >= 11 is 0. The minimum atomic E-state index is 0.0694. The first kappa shape index (κ1) is 26.0. The number of aryl methyl sites for hydroxylation is 1. The number of benzene rings is 1. The molecule has 2 amide bonds. The number of likely N-dealkylation sites (tertiary alicyclic amines) is 2. The first-order valence-corrected chi connectivity index (χ1v) is 14.1. The van der Waals surface area contributed by atoms with E-state index in [0.29, 0.717) is 18.2 Å². The van der Waals surface area contributed by atoms with Crippen LogP contribution in [0.25, 0.3) is 5.57 Å². The molecule has 4 nitrogen and oxygen atoms in total. The Morgan fingerprint density at radius 2 is 1.57 bits per heavy atom. The highest BCUT2D eigenvalue weighted by Crippen LogP contribution is 2.32. The maximum Gasteiger partial charge on any atom is 0.226 e. The van der Waals surface area contributed by atoms with Crippen molar-refractivity contribution in [2.24, 2.45) is 17.3 Å². The number of piperidine rings is 2. The van der Waals surface area contributed by atoms with Gasteiger partial charge in [0.2, 0.25) is 11.8 Å². The van der Waals surface area contributed by atoms with Crippen LogP contribution in [0, 0.1) is 17.3 Å². The Morgan fingerprint density at radius 3 is 2.17 bits per heavy atom. The van der Waals surface area contributed by atoms with E-state index in [2.05, 4.69) is 60.9 Å². The summed E-state index contributed by atoms with van der Waals surface area (Å²) in [4.78, 5) is 29.5. The molecule has 1 aromatic rings. The summed E-state index contributed by atoms with van der Waals surface area (Å²) in [6.07, 6.45) is 14.1. The molecule has 0 radical (unpaired) electrons. The lowest BCUT2D eigenvalue weighted by Crippen LogP contribution is -2.40. The van der Waals surface area contributed by atoms with Gasteiger partial charge in [0.25, 0.3) is 0 Å². The Bertz CT molecular complexity index is 882. The van der Waals surface area contributed by atoms with E-state index >= 15 is 0 Å². The lowest BCUT2D eigenvalue weighted by molar-refractivity contribution is -0.136. The van der Waals surface area contributed by atoms with Gasteiger partial charge in [0.15, 0.2) is 0 Å². The van der Waals surface area contributed by atoms with Crippen molar-refractivity contribution in [3.05, 3.63) is 41.5 Å². The van der Waals surface area contributed by atoms with Gasteiger partial charge in [-0.05, 0) is 92.2 Å². The number of amides is 2. The molecule has 0 saturated carbocycles. The summed E-state index contributed by atoms with van der Waals surface area (Å²) in [5.41, 5.74) is 4.21. The van der Waals surface area contributed by atoms with Crippen LogP contribution in [0.2, 0.25) is 0 Å². The molecule has 0 N–H and O–H groups in total. The zero-order valence-electron chi connectivity index (χ0n) is 22.4. The molecule has 2 fully saturated rings. The van der Waals surface area contributed by atoms with Gasteiger partial charge >= 0.3 is 0 Å². The first-order valence-electron chi connectivity index (χ1n) is 14.1. The van der Waals surface area contributed by atoms with Gasteiger partial charge in [-0.25, -0.2) is 0 Å². The summed E-state index contributed by atoms with van der Waals surface area (Å²) < 4.78 is 0. The second-order valence-electron chi connectivity index (χ2n) is 12.4. The average molecular weight is 479 g/mol. The monoisotopic (exact) mass is 478 g/mol. The smallest absolute Gasteiger partial charge is 0.226 e. The van der Waals surface area contributed by atoms with E-state index in [-0.39, 0.29) is 11.3 Å². The third-order valence-corrected chi connectivity index (χ3v) is 8.24. The van der Waals surface area contributed by atoms with Gasteiger partial charge in [0, 0.05) is 38.5 Å². The molecule has 192 valence electrons. The van der Waals surface area contributed by atoms with E-state index in [1.807, 2.05) is 0 Å². The lowest BCUT2D eigenvalue weighted by Gasteiger charge is -2.33. The topological polar surface area (TPSA) is 40.6 Å². The highest BCUT2D eigenvalue weighted by molar-refractivity contribution is 5.81. The van der Waals surface area contributed by atoms with Crippen LogP contribution in [-0.4, -0.2) is 47.8 Å². The number of hydrogen-bond acceptors (Lipinski definition) is 2. The number of nitrogens with zero attached hydrogens (tertiary/aromatic N) is 2. The minimum absolute atomic E-state index is 0.0694. The highest BCUT2D eigenvalue weighted by Gasteiger charge is 2.28. The van der Waals surface area contributed by atoms with Crippen molar-refractivity contribution >= 4 is 17.4 Å². The molecule has 4 rings (SSSR count). The van der Waals surface area contributed by atoms with Crippen molar-refractivity contribution in [1.29, 1.82) is 0 Å². The van der Waals surface area contributed by atoms with Crippen LogP contribution in [0.4, 0.5) is 0 Å². The summed E-state index contributed by atoms with van der Waals surface area (Å²) in [6, 6.07) is 9.15. The van der Waals surface area contributed by atoms with Crippen molar-refractivity contribution in [3.8, 4) is 0 Å². The molecule has 0 bridgehead atoms. The lowest BCUT2D eigenvalue weighted by atomic mass is 9.85. The molecule has 2 aliphatic heterocycles. The van der Waals surface area contributed by atoms with Gasteiger partial charge in [-0.15, -0.1) is 0 Å². The largest absolute Gasteiger partial charge is 0.343 e. The predicted molar refractivity (Wildman–Crippen MR) is 144 cm³/mol. The number of allylic oxidation sites excluding steroid dienone is 2. The van der Waals surface area contributed by atoms with E-state index in [1.165, 1.54) is 42.4 Å². The van der Waals surface area contributed by atoms with Gasteiger partial charge < -0.3 is 9.80 Å². The maximum atomic E-state index is 12.8. The minimum Gasteiger partial charge on any atom is -0.343 e. The van der Waals surface area contributed by atoms with Crippen molar-refractivity contribution in [2.75, 3.05) is 26.2 Å². The second kappa shape index (κ2) is 11.8. The number of carbonyl (C=O) groups is 2. The molecule has 0 aromatic heterocycles. The fourth-order valence-corrected chi connectivity index (χ4v) is 5.99. The standard InChI is InChI=1S/C31H46N2O2/c1-31(2,3)23-29(34)32-21-17-25(18-22-32)8-7-24-9-11-26(12-10-24)27-13-15-28(16-14-27)30(35)33-19-5-4-6-20-33/h9-13,25,28H,4-8,14-23H2,1-3H3.